The Kier molecular flexibility index (Phi) is 4.13. The molecule has 24 heavy (non-hydrogen) atoms. The van der Waals surface area contributed by atoms with Crippen molar-refractivity contribution in [1.29, 1.82) is 0 Å². The van der Waals surface area contributed by atoms with Crippen LogP contribution in [-0.4, -0.2) is 27.1 Å². The number of carboxylic acids is 1. The SMILES string of the molecule is CCc1oc(C(=O)NC2(c3noc(C)n3)CCCC2)cc1C(=O)O. The van der Waals surface area contributed by atoms with E-state index in [0.717, 1.165) is 12.8 Å². The lowest BCUT2D eigenvalue weighted by Crippen LogP contribution is -2.44. The van der Waals surface area contributed by atoms with Crippen LogP contribution >= 0.6 is 0 Å². The molecule has 0 bridgehead atoms. The van der Waals surface area contributed by atoms with E-state index in [-0.39, 0.29) is 17.1 Å². The van der Waals surface area contributed by atoms with E-state index in [0.29, 0.717) is 31.0 Å². The lowest BCUT2D eigenvalue weighted by Gasteiger charge is -2.26. The molecule has 2 aromatic rings. The predicted octanol–water partition coefficient (Wildman–Crippen LogP) is 2.43. The molecule has 1 aliphatic rings. The van der Waals surface area contributed by atoms with Gasteiger partial charge in [-0.1, -0.05) is 24.9 Å². The highest BCUT2D eigenvalue weighted by atomic mass is 16.5. The lowest BCUT2D eigenvalue weighted by atomic mass is 9.96. The third kappa shape index (κ3) is 2.79. The minimum Gasteiger partial charge on any atom is -0.478 e. The molecular weight excluding hydrogens is 314 g/mol. The van der Waals surface area contributed by atoms with E-state index in [1.807, 2.05) is 0 Å². The Morgan fingerprint density at radius 2 is 2.08 bits per heavy atom. The molecule has 0 atom stereocenters. The maximum Gasteiger partial charge on any atom is 0.339 e. The number of amides is 1. The average Bonchev–Trinajstić information content (AvgIpc) is 3.25. The number of aromatic carboxylic acids is 1. The Bertz CT molecular complexity index is 771. The summed E-state index contributed by atoms with van der Waals surface area (Å²) in [4.78, 5) is 28.1. The van der Waals surface area contributed by atoms with Crippen molar-refractivity contribution in [2.75, 3.05) is 0 Å². The molecule has 0 saturated heterocycles. The van der Waals surface area contributed by atoms with E-state index in [4.69, 9.17) is 8.94 Å². The first-order valence-corrected chi connectivity index (χ1v) is 7.94. The van der Waals surface area contributed by atoms with Gasteiger partial charge in [0.05, 0.1) is 0 Å². The van der Waals surface area contributed by atoms with Crippen LogP contribution in [0, 0.1) is 6.92 Å². The summed E-state index contributed by atoms with van der Waals surface area (Å²) in [5.74, 6) is -0.434. The second-order valence-corrected chi connectivity index (χ2v) is 5.99. The smallest absolute Gasteiger partial charge is 0.339 e. The number of rotatable bonds is 5. The first-order chi connectivity index (χ1) is 11.4. The Balaban J connectivity index is 1.88. The van der Waals surface area contributed by atoms with E-state index >= 15 is 0 Å². The summed E-state index contributed by atoms with van der Waals surface area (Å²) in [6, 6.07) is 1.26. The van der Waals surface area contributed by atoms with Crippen LogP contribution in [0.1, 0.15) is 71.0 Å². The van der Waals surface area contributed by atoms with Crippen molar-refractivity contribution in [1.82, 2.24) is 15.5 Å². The summed E-state index contributed by atoms with van der Waals surface area (Å²) in [5, 5.41) is 16.1. The molecule has 3 rings (SSSR count). The number of carboxylic acid groups (broad SMARTS) is 1. The van der Waals surface area contributed by atoms with Crippen LogP contribution in [0.5, 0.6) is 0 Å². The third-order valence-corrected chi connectivity index (χ3v) is 4.35. The normalized spacial score (nSPS) is 16.2. The number of nitrogens with one attached hydrogen (secondary N) is 1. The van der Waals surface area contributed by atoms with Gasteiger partial charge in [-0.2, -0.15) is 4.98 Å². The number of hydrogen-bond donors (Lipinski definition) is 2. The van der Waals surface area contributed by atoms with Crippen molar-refractivity contribution < 1.29 is 23.6 Å². The van der Waals surface area contributed by atoms with Gasteiger partial charge in [-0.3, -0.25) is 4.79 Å². The summed E-state index contributed by atoms with van der Waals surface area (Å²) in [6.07, 6.45) is 3.67. The second-order valence-electron chi connectivity index (χ2n) is 5.99. The maximum absolute atomic E-state index is 12.6. The summed E-state index contributed by atoms with van der Waals surface area (Å²) in [7, 11) is 0. The molecule has 2 N–H and O–H groups in total. The Morgan fingerprint density at radius 1 is 1.38 bits per heavy atom. The van der Waals surface area contributed by atoms with Gasteiger partial charge in [0, 0.05) is 19.4 Å². The molecule has 128 valence electrons. The number of aromatic nitrogens is 2. The summed E-state index contributed by atoms with van der Waals surface area (Å²) in [6.45, 7) is 3.47. The zero-order chi connectivity index (χ0) is 17.3. The van der Waals surface area contributed by atoms with Gasteiger partial charge < -0.3 is 19.4 Å². The van der Waals surface area contributed by atoms with Crippen LogP contribution in [0.15, 0.2) is 15.0 Å². The highest BCUT2D eigenvalue weighted by molar-refractivity contribution is 5.96. The van der Waals surface area contributed by atoms with Gasteiger partial charge in [0.25, 0.3) is 5.91 Å². The maximum atomic E-state index is 12.6. The van der Waals surface area contributed by atoms with Crippen molar-refractivity contribution in [3.8, 4) is 0 Å². The molecule has 0 spiro atoms. The fourth-order valence-corrected chi connectivity index (χ4v) is 3.14. The van der Waals surface area contributed by atoms with Gasteiger partial charge >= 0.3 is 5.97 Å². The zero-order valence-corrected chi connectivity index (χ0v) is 13.6. The molecule has 0 radical (unpaired) electrons. The van der Waals surface area contributed by atoms with Gasteiger partial charge in [0.15, 0.2) is 11.6 Å². The highest BCUT2D eigenvalue weighted by Crippen LogP contribution is 2.37. The number of carbonyl (C=O) groups excluding carboxylic acids is 1. The van der Waals surface area contributed by atoms with E-state index in [2.05, 4.69) is 15.5 Å². The van der Waals surface area contributed by atoms with Gasteiger partial charge in [-0.05, 0) is 12.8 Å². The van der Waals surface area contributed by atoms with E-state index in [1.165, 1.54) is 6.07 Å². The monoisotopic (exact) mass is 333 g/mol. The fraction of sp³-hybridized carbons (Fsp3) is 0.500. The van der Waals surface area contributed by atoms with Gasteiger partial charge in [0.2, 0.25) is 5.89 Å². The first-order valence-electron chi connectivity index (χ1n) is 7.94. The van der Waals surface area contributed by atoms with Crippen molar-refractivity contribution in [2.24, 2.45) is 0 Å². The molecule has 8 nitrogen and oxygen atoms in total. The van der Waals surface area contributed by atoms with E-state index in [9.17, 15) is 14.7 Å². The molecule has 8 heteroatoms. The molecule has 1 fully saturated rings. The molecule has 0 unspecified atom stereocenters. The van der Waals surface area contributed by atoms with Gasteiger partial charge in [-0.25, -0.2) is 4.79 Å². The number of carbonyl (C=O) groups is 2. The first kappa shape index (κ1) is 16.2. The molecule has 0 aromatic carbocycles. The Hall–Kier alpha value is -2.64. The number of nitrogens with zero attached hydrogens (tertiary/aromatic N) is 2. The zero-order valence-electron chi connectivity index (χ0n) is 13.6. The molecule has 1 amide bonds. The van der Waals surface area contributed by atoms with Gasteiger partial charge in [-0.15, -0.1) is 0 Å². The average molecular weight is 333 g/mol. The lowest BCUT2D eigenvalue weighted by molar-refractivity contribution is 0.0694. The largest absolute Gasteiger partial charge is 0.478 e. The van der Waals surface area contributed by atoms with Crippen LogP contribution in [0.4, 0.5) is 0 Å². The minimum atomic E-state index is -1.11. The fourth-order valence-electron chi connectivity index (χ4n) is 3.14. The minimum absolute atomic E-state index is 0.0125. The molecule has 2 heterocycles. The predicted molar refractivity (Wildman–Crippen MR) is 81.7 cm³/mol. The summed E-state index contributed by atoms with van der Waals surface area (Å²) < 4.78 is 10.5. The van der Waals surface area contributed by atoms with Crippen LogP contribution in [0.25, 0.3) is 0 Å². The molecule has 0 aliphatic heterocycles. The van der Waals surface area contributed by atoms with E-state index < -0.39 is 17.4 Å². The number of hydrogen-bond acceptors (Lipinski definition) is 6. The van der Waals surface area contributed by atoms with Crippen molar-refractivity contribution in [3.63, 3.8) is 0 Å². The summed E-state index contributed by atoms with van der Waals surface area (Å²) >= 11 is 0. The quantitative estimate of drug-likeness (QED) is 0.862. The van der Waals surface area contributed by atoms with Crippen LogP contribution in [-0.2, 0) is 12.0 Å². The molecule has 1 saturated carbocycles. The third-order valence-electron chi connectivity index (χ3n) is 4.35. The number of aryl methyl sites for hydroxylation is 2. The van der Waals surface area contributed by atoms with Crippen LogP contribution in [0.3, 0.4) is 0 Å². The Morgan fingerprint density at radius 3 is 2.58 bits per heavy atom. The molecule has 2 aromatic heterocycles. The highest BCUT2D eigenvalue weighted by Gasteiger charge is 2.42. The van der Waals surface area contributed by atoms with Crippen molar-refractivity contribution in [3.05, 3.63) is 34.9 Å². The van der Waals surface area contributed by atoms with Crippen LogP contribution in [0.2, 0.25) is 0 Å². The molecule has 1 aliphatic carbocycles. The van der Waals surface area contributed by atoms with Crippen molar-refractivity contribution >= 4 is 11.9 Å². The van der Waals surface area contributed by atoms with E-state index in [1.54, 1.807) is 13.8 Å². The van der Waals surface area contributed by atoms with Crippen LogP contribution < -0.4 is 5.32 Å². The number of furan rings is 1. The standard InChI is InChI=1S/C16H19N3O5/c1-3-11-10(14(21)22)8-12(23-11)13(20)18-16(6-4-5-7-16)15-17-9(2)24-19-15/h8H,3-7H2,1-2H3,(H,18,20)(H,21,22). The second kappa shape index (κ2) is 6.10. The Labute approximate surface area is 138 Å². The molecular formula is C16H19N3O5. The van der Waals surface area contributed by atoms with Crippen molar-refractivity contribution in [2.45, 2.75) is 51.5 Å². The van der Waals surface area contributed by atoms with Gasteiger partial charge in [0.1, 0.15) is 16.9 Å². The summed E-state index contributed by atoms with van der Waals surface area (Å²) in [5.41, 5.74) is -0.685. The topological polar surface area (TPSA) is 118 Å².